The van der Waals surface area contributed by atoms with Gasteiger partial charge in [0.1, 0.15) is 0 Å². The van der Waals surface area contributed by atoms with Gasteiger partial charge >= 0.3 is 5.97 Å². The smallest absolute Gasteiger partial charge is 0.328 e. The van der Waals surface area contributed by atoms with Crippen molar-refractivity contribution in [1.29, 1.82) is 0 Å². The highest BCUT2D eigenvalue weighted by molar-refractivity contribution is 7.99. The molecule has 1 rings (SSSR count). The summed E-state index contributed by atoms with van der Waals surface area (Å²) in [6, 6.07) is 0. The number of carbonyl (C=O) groups is 1. The van der Waals surface area contributed by atoms with Crippen LogP contribution in [0, 0.1) is 6.92 Å². The molecular formula is C7H8N2O3S. The summed E-state index contributed by atoms with van der Waals surface area (Å²) in [6.07, 6.45) is 2.60. The maximum absolute atomic E-state index is 10.1. The third-order valence-corrected chi connectivity index (χ3v) is 1.84. The first-order valence-corrected chi connectivity index (χ1v) is 4.49. The minimum absolute atomic E-state index is 0.451. The van der Waals surface area contributed by atoms with Crippen molar-refractivity contribution in [3.05, 3.63) is 18.0 Å². The largest absolute Gasteiger partial charge is 0.478 e. The summed E-state index contributed by atoms with van der Waals surface area (Å²) < 4.78 is 5.05. The lowest BCUT2D eigenvalue weighted by molar-refractivity contribution is -0.131. The van der Waals surface area contributed by atoms with Crippen molar-refractivity contribution >= 4 is 17.7 Å². The van der Waals surface area contributed by atoms with Crippen LogP contribution in [0.4, 0.5) is 0 Å². The number of nitrogens with zero attached hydrogens (tertiary/aromatic N) is 2. The van der Waals surface area contributed by atoms with Crippen molar-refractivity contribution in [2.24, 2.45) is 0 Å². The van der Waals surface area contributed by atoms with Crippen LogP contribution in [0.1, 0.15) is 5.89 Å². The third kappa shape index (κ3) is 3.75. The Hall–Kier alpha value is -1.30. The molecule has 1 aromatic heterocycles. The van der Waals surface area contributed by atoms with Crippen LogP contribution in [0.2, 0.25) is 0 Å². The summed E-state index contributed by atoms with van der Waals surface area (Å²) in [5.74, 6) is 0.0560. The Labute approximate surface area is 78.8 Å². The van der Waals surface area contributed by atoms with E-state index in [1.807, 2.05) is 0 Å². The van der Waals surface area contributed by atoms with Crippen molar-refractivity contribution in [2.75, 3.05) is 5.75 Å². The predicted octanol–water partition coefficient (Wildman–Crippen LogP) is 1.11. The van der Waals surface area contributed by atoms with Gasteiger partial charge in [-0.05, 0) is 0 Å². The number of rotatable bonds is 4. The zero-order valence-electron chi connectivity index (χ0n) is 6.93. The van der Waals surface area contributed by atoms with Crippen LogP contribution in [0.5, 0.6) is 0 Å². The number of aliphatic carboxylic acids is 1. The van der Waals surface area contributed by atoms with Crippen LogP contribution in [-0.4, -0.2) is 27.0 Å². The van der Waals surface area contributed by atoms with Crippen molar-refractivity contribution in [3.63, 3.8) is 0 Å². The van der Waals surface area contributed by atoms with Gasteiger partial charge in [-0.25, -0.2) is 4.79 Å². The standard InChI is InChI=1S/C7H8N2O3S/c1-5-8-9-7(12-5)13-4-2-3-6(10)11/h2-3H,4H2,1H3,(H,10,11)/b3-2+. The van der Waals surface area contributed by atoms with E-state index in [0.29, 0.717) is 16.9 Å². The van der Waals surface area contributed by atoms with Gasteiger partial charge in [-0.1, -0.05) is 17.8 Å². The van der Waals surface area contributed by atoms with Crippen molar-refractivity contribution in [1.82, 2.24) is 10.2 Å². The van der Waals surface area contributed by atoms with E-state index < -0.39 is 5.97 Å². The Morgan fingerprint density at radius 1 is 1.69 bits per heavy atom. The Balaban J connectivity index is 2.31. The zero-order chi connectivity index (χ0) is 9.68. The van der Waals surface area contributed by atoms with E-state index in [1.165, 1.54) is 17.8 Å². The number of aryl methyl sites for hydroxylation is 1. The van der Waals surface area contributed by atoms with E-state index in [2.05, 4.69) is 10.2 Å². The quantitative estimate of drug-likeness (QED) is 0.579. The number of hydrogen-bond acceptors (Lipinski definition) is 5. The molecule has 0 aliphatic carbocycles. The van der Waals surface area contributed by atoms with Crippen LogP contribution >= 0.6 is 11.8 Å². The molecule has 0 aliphatic heterocycles. The molecule has 0 saturated carbocycles. The molecule has 0 amide bonds. The van der Waals surface area contributed by atoms with Crippen LogP contribution in [0.3, 0.4) is 0 Å². The molecule has 6 heteroatoms. The molecule has 0 unspecified atom stereocenters. The first-order chi connectivity index (χ1) is 6.18. The van der Waals surface area contributed by atoms with E-state index in [4.69, 9.17) is 9.52 Å². The van der Waals surface area contributed by atoms with Crippen LogP contribution in [-0.2, 0) is 4.79 Å². The number of aromatic nitrogens is 2. The monoisotopic (exact) mass is 200 g/mol. The topological polar surface area (TPSA) is 76.2 Å². The Bertz CT molecular complexity index is 321. The van der Waals surface area contributed by atoms with Gasteiger partial charge in [0, 0.05) is 18.8 Å². The number of hydrogen-bond donors (Lipinski definition) is 1. The molecule has 1 heterocycles. The molecule has 5 nitrogen and oxygen atoms in total. The van der Waals surface area contributed by atoms with Gasteiger partial charge in [0.05, 0.1) is 0 Å². The molecule has 0 aromatic carbocycles. The first kappa shape index (κ1) is 9.79. The van der Waals surface area contributed by atoms with Gasteiger partial charge in [0.25, 0.3) is 5.22 Å². The average molecular weight is 200 g/mol. The number of carboxylic acid groups (broad SMARTS) is 1. The molecule has 0 bridgehead atoms. The van der Waals surface area contributed by atoms with Gasteiger partial charge in [0.2, 0.25) is 5.89 Å². The Morgan fingerprint density at radius 2 is 2.46 bits per heavy atom. The first-order valence-electron chi connectivity index (χ1n) is 3.51. The third-order valence-electron chi connectivity index (χ3n) is 1.07. The van der Waals surface area contributed by atoms with Gasteiger partial charge in [-0.2, -0.15) is 0 Å². The van der Waals surface area contributed by atoms with E-state index >= 15 is 0 Å². The second-order valence-electron chi connectivity index (χ2n) is 2.14. The lowest BCUT2D eigenvalue weighted by Gasteiger charge is -1.86. The molecule has 13 heavy (non-hydrogen) atoms. The van der Waals surface area contributed by atoms with Gasteiger partial charge < -0.3 is 9.52 Å². The Morgan fingerprint density at radius 3 is 3.00 bits per heavy atom. The maximum Gasteiger partial charge on any atom is 0.328 e. The summed E-state index contributed by atoms with van der Waals surface area (Å²) in [5.41, 5.74) is 0. The van der Waals surface area contributed by atoms with Gasteiger partial charge in [0.15, 0.2) is 0 Å². The Kier molecular flexibility index (Phi) is 3.51. The van der Waals surface area contributed by atoms with Gasteiger partial charge in [-0.15, -0.1) is 10.2 Å². The summed E-state index contributed by atoms with van der Waals surface area (Å²) in [6.45, 7) is 1.70. The lowest BCUT2D eigenvalue weighted by Crippen LogP contribution is -1.86. The molecule has 0 spiro atoms. The van der Waals surface area contributed by atoms with Gasteiger partial charge in [-0.3, -0.25) is 0 Å². The van der Waals surface area contributed by atoms with E-state index in [0.717, 1.165) is 6.08 Å². The minimum atomic E-state index is -0.956. The second kappa shape index (κ2) is 4.66. The van der Waals surface area contributed by atoms with E-state index in [9.17, 15) is 4.79 Å². The fourth-order valence-corrected chi connectivity index (χ4v) is 1.22. The molecular weight excluding hydrogens is 192 g/mol. The molecule has 1 aromatic rings. The average Bonchev–Trinajstić information content (AvgIpc) is 2.45. The highest BCUT2D eigenvalue weighted by Gasteiger charge is 2.00. The zero-order valence-corrected chi connectivity index (χ0v) is 7.74. The maximum atomic E-state index is 10.1. The fourth-order valence-electron chi connectivity index (χ4n) is 0.605. The second-order valence-corrected chi connectivity index (χ2v) is 3.11. The summed E-state index contributed by atoms with van der Waals surface area (Å²) in [7, 11) is 0. The van der Waals surface area contributed by atoms with Crippen LogP contribution < -0.4 is 0 Å². The molecule has 1 N–H and O–H groups in total. The molecule has 0 atom stereocenters. The van der Waals surface area contributed by atoms with E-state index in [-0.39, 0.29) is 0 Å². The minimum Gasteiger partial charge on any atom is -0.478 e. The van der Waals surface area contributed by atoms with E-state index in [1.54, 1.807) is 6.92 Å². The van der Waals surface area contributed by atoms with Crippen molar-refractivity contribution in [3.8, 4) is 0 Å². The molecule has 0 fully saturated rings. The molecule has 0 radical (unpaired) electrons. The summed E-state index contributed by atoms with van der Waals surface area (Å²) in [4.78, 5) is 10.1. The molecule has 70 valence electrons. The summed E-state index contributed by atoms with van der Waals surface area (Å²) >= 11 is 1.29. The fraction of sp³-hybridized carbons (Fsp3) is 0.286. The number of carboxylic acids is 1. The lowest BCUT2D eigenvalue weighted by atomic mass is 10.5. The van der Waals surface area contributed by atoms with Crippen LogP contribution in [0.25, 0.3) is 0 Å². The highest BCUT2D eigenvalue weighted by atomic mass is 32.2. The molecule has 0 saturated heterocycles. The van der Waals surface area contributed by atoms with Crippen LogP contribution in [0.15, 0.2) is 21.8 Å². The van der Waals surface area contributed by atoms with Crippen molar-refractivity contribution < 1.29 is 14.3 Å². The highest BCUT2D eigenvalue weighted by Crippen LogP contribution is 2.15. The normalized spacial score (nSPS) is 10.8. The number of thioether (sulfide) groups is 1. The summed E-state index contributed by atoms with van der Waals surface area (Å²) in [5, 5.41) is 16.1. The predicted molar refractivity (Wildman–Crippen MR) is 46.5 cm³/mol. The van der Waals surface area contributed by atoms with Crippen molar-refractivity contribution in [2.45, 2.75) is 12.1 Å². The molecule has 0 aliphatic rings. The SMILES string of the molecule is Cc1nnc(SC/C=C/C(=O)O)o1.